The lowest BCUT2D eigenvalue weighted by atomic mass is 10.1. The Morgan fingerprint density at radius 2 is 1.83 bits per heavy atom. The summed E-state index contributed by atoms with van der Waals surface area (Å²) >= 11 is 0. The summed E-state index contributed by atoms with van der Waals surface area (Å²) in [6, 6.07) is 13.8. The van der Waals surface area contributed by atoms with Crippen LogP contribution in [0.2, 0.25) is 0 Å². The summed E-state index contributed by atoms with van der Waals surface area (Å²) in [6.45, 7) is 1.55. The first kappa shape index (κ1) is 19.0. The maximum Gasteiger partial charge on any atom is 0.451 e. The van der Waals surface area contributed by atoms with Crippen LogP contribution in [-0.2, 0) is 17.3 Å². The van der Waals surface area contributed by atoms with Crippen LogP contribution < -0.4 is 5.32 Å². The first-order chi connectivity index (χ1) is 13.9. The monoisotopic (exact) mass is 402 g/mol. The number of para-hydroxylation sites is 1. The van der Waals surface area contributed by atoms with Crippen molar-refractivity contribution in [2.24, 2.45) is 0 Å². The number of cyclic esters (lactones) is 1. The van der Waals surface area contributed by atoms with E-state index in [1.807, 2.05) is 12.1 Å². The van der Waals surface area contributed by atoms with Crippen LogP contribution in [0, 0.1) is 0 Å². The maximum absolute atomic E-state index is 13.1. The van der Waals surface area contributed by atoms with Crippen molar-refractivity contribution >= 4 is 28.5 Å². The number of aromatic nitrogens is 2. The van der Waals surface area contributed by atoms with E-state index in [0.717, 1.165) is 5.56 Å². The Labute approximate surface area is 164 Å². The number of anilines is 2. The molecule has 0 atom stereocenters. The summed E-state index contributed by atoms with van der Waals surface area (Å²) in [5.74, 6) is -1.09. The number of halogens is 3. The number of alkyl halides is 3. The molecule has 29 heavy (non-hydrogen) atoms. The zero-order valence-corrected chi connectivity index (χ0v) is 15.2. The molecule has 6 nitrogen and oxygen atoms in total. The van der Waals surface area contributed by atoms with Crippen LogP contribution >= 0.6 is 0 Å². The molecule has 1 amide bonds. The van der Waals surface area contributed by atoms with Gasteiger partial charge in [0.05, 0.1) is 12.1 Å². The molecule has 3 aromatic rings. The smallest absolute Gasteiger partial charge is 0.448 e. The first-order valence-electron chi connectivity index (χ1n) is 9.02. The fourth-order valence-corrected chi connectivity index (χ4v) is 3.08. The van der Waals surface area contributed by atoms with Crippen LogP contribution in [0.25, 0.3) is 10.9 Å². The highest BCUT2D eigenvalue weighted by Crippen LogP contribution is 2.31. The summed E-state index contributed by atoms with van der Waals surface area (Å²) < 4.78 is 44.3. The number of carbonyl (C=O) groups is 1. The van der Waals surface area contributed by atoms with Gasteiger partial charge in [0.25, 0.3) is 0 Å². The SMILES string of the molecule is O=C1OCCN1CCc1ccc(Nc2nc(C(F)(F)F)nc3ccccc23)cc1. The lowest BCUT2D eigenvalue weighted by Crippen LogP contribution is -2.26. The highest BCUT2D eigenvalue weighted by Gasteiger charge is 2.35. The van der Waals surface area contributed by atoms with E-state index in [-0.39, 0.29) is 17.4 Å². The van der Waals surface area contributed by atoms with Gasteiger partial charge in [-0.05, 0) is 36.2 Å². The third-order valence-electron chi connectivity index (χ3n) is 4.59. The molecule has 0 bridgehead atoms. The molecule has 0 spiro atoms. The van der Waals surface area contributed by atoms with Crippen molar-refractivity contribution in [3.05, 3.63) is 59.9 Å². The topological polar surface area (TPSA) is 67.3 Å². The average Bonchev–Trinajstić information content (AvgIpc) is 3.11. The van der Waals surface area contributed by atoms with Gasteiger partial charge in [-0.1, -0.05) is 24.3 Å². The number of fused-ring (bicyclic) bond motifs is 1. The Kier molecular flexibility index (Phi) is 4.96. The van der Waals surface area contributed by atoms with Crippen molar-refractivity contribution in [3.63, 3.8) is 0 Å². The van der Waals surface area contributed by atoms with Crippen molar-refractivity contribution in [2.75, 3.05) is 25.0 Å². The summed E-state index contributed by atoms with van der Waals surface area (Å²) in [7, 11) is 0. The Morgan fingerprint density at radius 1 is 1.07 bits per heavy atom. The second-order valence-corrected chi connectivity index (χ2v) is 6.58. The molecular formula is C20H17F3N4O2. The summed E-state index contributed by atoms with van der Waals surface area (Å²) in [4.78, 5) is 20.4. The highest BCUT2D eigenvalue weighted by molar-refractivity contribution is 5.90. The van der Waals surface area contributed by atoms with Gasteiger partial charge < -0.3 is 15.0 Å². The third kappa shape index (κ3) is 4.23. The van der Waals surface area contributed by atoms with Crippen LogP contribution in [0.4, 0.5) is 29.5 Å². The van der Waals surface area contributed by atoms with E-state index in [9.17, 15) is 18.0 Å². The number of nitrogens with one attached hydrogen (secondary N) is 1. The standard InChI is InChI=1S/C20H17F3N4O2/c21-20(22,23)18-25-16-4-2-1-3-15(16)17(26-18)24-14-7-5-13(6-8-14)9-10-27-11-12-29-19(27)28/h1-8H,9-12H2,(H,24,25,26). The lowest BCUT2D eigenvalue weighted by Gasteiger charge is -2.14. The van der Waals surface area contributed by atoms with Crippen molar-refractivity contribution < 1.29 is 22.7 Å². The minimum absolute atomic E-state index is 0.0930. The van der Waals surface area contributed by atoms with Crippen LogP contribution in [0.1, 0.15) is 11.4 Å². The zero-order chi connectivity index (χ0) is 20.4. The average molecular weight is 402 g/mol. The van der Waals surface area contributed by atoms with Gasteiger partial charge in [-0.25, -0.2) is 14.8 Å². The van der Waals surface area contributed by atoms with Crippen molar-refractivity contribution in [1.29, 1.82) is 0 Å². The molecule has 0 aliphatic carbocycles. The van der Waals surface area contributed by atoms with Gasteiger partial charge >= 0.3 is 12.3 Å². The second-order valence-electron chi connectivity index (χ2n) is 6.58. The molecule has 1 aliphatic rings. The molecule has 4 rings (SSSR count). The highest BCUT2D eigenvalue weighted by atomic mass is 19.4. The van der Waals surface area contributed by atoms with E-state index in [2.05, 4.69) is 15.3 Å². The van der Waals surface area contributed by atoms with Gasteiger partial charge in [0.1, 0.15) is 12.4 Å². The van der Waals surface area contributed by atoms with Crippen molar-refractivity contribution in [2.45, 2.75) is 12.6 Å². The minimum atomic E-state index is -4.64. The van der Waals surface area contributed by atoms with Crippen LogP contribution in [-0.4, -0.2) is 40.7 Å². The fourth-order valence-electron chi connectivity index (χ4n) is 3.08. The van der Waals surface area contributed by atoms with E-state index in [4.69, 9.17) is 4.74 Å². The predicted octanol–water partition coefficient (Wildman–Crippen LogP) is 4.39. The van der Waals surface area contributed by atoms with Crippen LogP contribution in [0.3, 0.4) is 0 Å². The van der Waals surface area contributed by atoms with Gasteiger partial charge in [-0.3, -0.25) is 0 Å². The molecule has 1 aliphatic heterocycles. The quantitative estimate of drug-likeness (QED) is 0.686. The molecule has 150 valence electrons. The molecule has 0 unspecified atom stereocenters. The molecular weight excluding hydrogens is 385 g/mol. The van der Waals surface area contributed by atoms with Gasteiger partial charge in [-0.15, -0.1) is 0 Å². The number of hydrogen-bond donors (Lipinski definition) is 1. The van der Waals surface area contributed by atoms with Gasteiger partial charge in [0.2, 0.25) is 5.82 Å². The Hall–Kier alpha value is -3.36. The molecule has 1 saturated heterocycles. The molecule has 2 aromatic carbocycles. The van der Waals surface area contributed by atoms with Crippen LogP contribution in [0.5, 0.6) is 0 Å². The number of rotatable bonds is 5. The van der Waals surface area contributed by atoms with Gasteiger partial charge in [0, 0.05) is 17.6 Å². The molecule has 0 saturated carbocycles. The fraction of sp³-hybridized carbons (Fsp3) is 0.250. The zero-order valence-electron chi connectivity index (χ0n) is 15.2. The van der Waals surface area contributed by atoms with E-state index < -0.39 is 12.0 Å². The largest absolute Gasteiger partial charge is 0.451 e. The Morgan fingerprint density at radius 3 is 2.52 bits per heavy atom. The van der Waals surface area contributed by atoms with Crippen molar-refractivity contribution in [3.8, 4) is 0 Å². The number of amides is 1. The van der Waals surface area contributed by atoms with E-state index in [0.29, 0.717) is 37.2 Å². The summed E-state index contributed by atoms with van der Waals surface area (Å²) in [6.07, 6.45) is -4.29. The number of carbonyl (C=O) groups excluding carboxylic acids is 1. The number of ether oxygens (including phenoxy) is 1. The third-order valence-corrected chi connectivity index (χ3v) is 4.59. The molecule has 9 heteroatoms. The lowest BCUT2D eigenvalue weighted by molar-refractivity contribution is -0.144. The van der Waals surface area contributed by atoms with Gasteiger partial charge in [-0.2, -0.15) is 13.2 Å². The normalized spacial score (nSPS) is 14.3. The number of hydrogen-bond acceptors (Lipinski definition) is 5. The Balaban J connectivity index is 1.53. The molecule has 0 radical (unpaired) electrons. The Bertz CT molecular complexity index is 1040. The molecule has 2 heterocycles. The van der Waals surface area contributed by atoms with Crippen molar-refractivity contribution in [1.82, 2.24) is 14.9 Å². The molecule has 1 aromatic heterocycles. The summed E-state index contributed by atoms with van der Waals surface area (Å²) in [5.41, 5.74) is 1.82. The van der Waals surface area contributed by atoms with E-state index >= 15 is 0 Å². The van der Waals surface area contributed by atoms with E-state index in [1.165, 1.54) is 6.07 Å². The molecule has 1 fully saturated rings. The number of benzene rings is 2. The molecule has 1 N–H and O–H groups in total. The second kappa shape index (κ2) is 7.57. The van der Waals surface area contributed by atoms with Crippen LogP contribution in [0.15, 0.2) is 48.5 Å². The minimum Gasteiger partial charge on any atom is -0.448 e. The summed E-state index contributed by atoms with van der Waals surface area (Å²) in [5, 5.41) is 3.45. The van der Waals surface area contributed by atoms with E-state index in [1.54, 1.807) is 35.2 Å². The van der Waals surface area contributed by atoms with Gasteiger partial charge in [0.15, 0.2) is 0 Å². The number of nitrogens with zero attached hydrogens (tertiary/aromatic N) is 3. The predicted molar refractivity (Wildman–Crippen MR) is 101 cm³/mol. The maximum atomic E-state index is 13.1. The first-order valence-corrected chi connectivity index (χ1v) is 9.02.